The van der Waals surface area contributed by atoms with Crippen LogP contribution in [0.2, 0.25) is 0 Å². The third-order valence-electron chi connectivity index (χ3n) is 5.29. The average Bonchev–Trinajstić information content (AvgIpc) is 3.32. The summed E-state index contributed by atoms with van der Waals surface area (Å²) in [6, 6.07) is 3.30. The maximum atomic E-state index is 13.1. The minimum atomic E-state index is -0.968. The first-order valence-corrected chi connectivity index (χ1v) is 9.28. The highest BCUT2D eigenvalue weighted by Crippen LogP contribution is 2.33. The number of aromatic nitrogens is 4. The zero-order valence-corrected chi connectivity index (χ0v) is 16.8. The van der Waals surface area contributed by atoms with Gasteiger partial charge in [-0.2, -0.15) is 5.10 Å². The summed E-state index contributed by atoms with van der Waals surface area (Å²) in [6.45, 7) is 7.98. The summed E-state index contributed by atoms with van der Waals surface area (Å²) in [5.74, 6) is 0.436. The van der Waals surface area contributed by atoms with Gasteiger partial charge in [-0.1, -0.05) is 5.16 Å². The summed E-state index contributed by atoms with van der Waals surface area (Å²) in [5, 5.41) is 8.26. The van der Waals surface area contributed by atoms with Gasteiger partial charge in [-0.25, -0.2) is 9.69 Å². The molecule has 4 heterocycles. The number of hydrogen-bond acceptors (Lipinski definition) is 6. The molecule has 29 heavy (non-hydrogen) atoms. The van der Waals surface area contributed by atoms with Crippen molar-refractivity contribution in [1.82, 2.24) is 24.8 Å². The van der Waals surface area contributed by atoms with E-state index in [4.69, 9.17) is 4.52 Å². The summed E-state index contributed by atoms with van der Waals surface area (Å²) < 4.78 is 6.85. The first-order valence-electron chi connectivity index (χ1n) is 9.28. The molecule has 0 saturated carbocycles. The number of aryl methyl sites for hydroxylation is 2. The fourth-order valence-electron chi connectivity index (χ4n) is 3.44. The van der Waals surface area contributed by atoms with Crippen molar-refractivity contribution in [2.24, 2.45) is 0 Å². The van der Waals surface area contributed by atoms with Gasteiger partial charge in [0, 0.05) is 30.7 Å². The van der Waals surface area contributed by atoms with Gasteiger partial charge in [0.15, 0.2) is 0 Å². The predicted octanol–water partition coefficient (Wildman–Crippen LogP) is 2.68. The van der Waals surface area contributed by atoms with Gasteiger partial charge in [0.25, 0.3) is 5.91 Å². The Kier molecular flexibility index (Phi) is 4.45. The van der Waals surface area contributed by atoms with Crippen LogP contribution in [0.5, 0.6) is 0 Å². The molecule has 0 bridgehead atoms. The van der Waals surface area contributed by atoms with Gasteiger partial charge < -0.3 is 9.42 Å². The van der Waals surface area contributed by atoms with Crippen LogP contribution in [0.1, 0.15) is 36.4 Å². The van der Waals surface area contributed by atoms with Crippen molar-refractivity contribution in [2.75, 3.05) is 4.90 Å². The summed E-state index contributed by atoms with van der Waals surface area (Å²) in [7, 11) is 0. The molecule has 3 aromatic rings. The standard InChI is InChI=1S/C20H22N6O3/c1-13-17(14(2)29-23-13)12-24-11-16(9-22-24)26-18(27)20(3,4)25(19(26)28)10-15-5-7-21-8-6-15/h5-9,11H,10,12H2,1-4H3. The molecule has 0 N–H and O–H groups in total. The monoisotopic (exact) mass is 394 g/mol. The number of carbonyl (C=O) groups is 2. The minimum absolute atomic E-state index is 0.284. The van der Waals surface area contributed by atoms with Crippen molar-refractivity contribution in [3.05, 3.63) is 59.5 Å². The normalized spacial score (nSPS) is 16.1. The zero-order chi connectivity index (χ0) is 20.8. The molecule has 9 nitrogen and oxygen atoms in total. The maximum Gasteiger partial charge on any atom is 0.332 e. The molecule has 3 aromatic heterocycles. The minimum Gasteiger partial charge on any atom is -0.361 e. The Morgan fingerprint density at radius 3 is 2.48 bits per heavy atom. The molecule has 9 heteroatoms. The number of urea groups is 1. The molecular formula is C20H22N6O3. The Morgan fingerprint density at radius 2 is 1.83 bits per heavy atom. The summed E-state index contributed by atoms with van der Waals surface area (Å²) in [5.41, 5.74) is 2.10. The Hall–Kier alpha value is -3.49. The van der Waals surface area contributed by atoms with Crippen molar-refractivity contribution >= 4 is 17.6 Å². The van der Waals surface area contributed by atoms with Crippen molar-refractivity contribution in [3.63, 3.8) is 0 Å². The molecular weight excluding hydrogens is 372 g/mol. The van der Waals surface area contributed by atoms with Crippen molar-refractivity contribution in [1.29, 1.82) is 0 Å². The van der Waals surface area contributed by atoms with E-state index in [-0.39, 0.29) is 11.9 Å². The van der Waals surface area contributed by atoms with Gasteiger partial charge in [0.2, 0.25) is 0 Å². The second-order valence-electron chi connectivity index (χ2n) is 7.62. The number of rotatable bonds is 5. The smallest absolute Gasteiger partial charge is 0.332 e. The fourth-order valence-corrected chi connectivity index (χ4v) is 3.44. The number of pyridine rings is 1. The van der Waals surface area contributed by atoms with E-state index >= 15 is 0 Å². The Bertz CT molecular complexity index is 1050. The number of nitrogens with zero attached hydrogens (tertiary/aromatic N) is 6. The Balaban J connectivity index is 1.59. The second kappa shape index (κ2) is 6.84. The number of carbonyl (C=O) groups excluding carboxylic acids is 2. The highest BCUT2D eigenvalue weighted by Gasteiger charge is 2.52. The van der Waals surface area contributed by atoms with Crippen LogP contribution in [0.15, 0.2) is 41.4 Å². The van der Waals surface area contributed by atoms with E-state index in [1.807, 2.05) is 26.0 Å². The SMILES string of the molecule is Cc1noc(C)c1Cn1cc(N2C(=O)N(Cc3ccncc3)C(C)(C)C2=O)cn1. The van der Waals surface area contributed by atoms with Gasteiger partial charge in [-0.15, -0.1) is 0 Å². The van der Waals surface area contributed by atoms with E-state index in [9.17, 15) is 9.59 Å². The third-order valence-corrected chi connectivity index (χ3v) is 5.29. The highest BCUT2D eigenvalue weighted by atomic mass is 16.5. The van der Waals surface area contributed by atoms with Gasteiger partial charge in [0.05, 0.1) is 24.1 Å². The maximum absolute atomic E-state index is 13.1. The molecule has 1 aliphatic rings. The van der Waals surface area contributed by atoms with Crippen molar-refractivity contribution in [3.8, 4) is 0 Å². The molecule has 150 valence electrons. The highest BCUT2D eigenvalue weighted by molar-refractivity contribution is 6.22. The molecule has 0 aromatic carbocycles. The summed E-state index contributed by atoms with van der Waals surface area (Å²) in [4.78, 5) is 32.9. The molecule has 0 atom stereocenters. The van der Waals surface area contributed by atoms with E-state index in [1.165, 1.54) is 11.1 Å². The summed E-state index contributed by atoms with van der Waals surface area (Å²) in [6.07, 6.45) is 6.55. The first kappa shape index (κ1) is 18.9. The fraction of sp³-hybridized carbons (Fsp3) is 0.350. The molecule has 4 rings (SSSR count). The van der Waals surface area contributed by atoms with Crippen LogP contribution >= 0.6 is 0 Å². The van der Waals surface area contributed by atoms with Crippen molar-refractivity contribution < 1.29 is 14.1 Å². The number of amides is 3. The lowest BCUT2D eigenvalue weighted by Crippen LogP contribution is -2.43. The van der Waals surface area contributed by atoms with Gasteiger partial charge in [0.1, 0.15) is 11.3 Å². The lowest BCUT2D eigenvalue weighted by Gasteiger charge is -2.27. The van der Waals surface area contributed by atoms with E-state index in [1.54, 1.807) is 42.0 Å². The Morgan fingerprint density at radius 1 is 1.10 bits per heavy atom. The first-order chi connectivity index (χ1) is 13.8. The zero-order valence-electron chi connectivity index (χ0n) is 16.8. The topological polar surface area (TPSA) is 97.4 Å². The van der Waals surface area contributed by atoms with Crippen LogP contribution in [0, 0.1) is 13.8 Å². The number of hydrogen-bond donors (Lipinski definition) is 0. The van der Waals surface area contributed by atoms with E-state index in [2.05, 4.69) is 15.2 Å². The molecule has 1 fully saturated rings. The van der Waals surface area contributed by atoms with Crippen LogP contribution in [-0.2, 0) is 17.9 Å². The second-order valence-corrected chi connectivity index (χ2v) is 7.62. The van der Waals surface area contributed by atoms with Crippen LogP contribution in [-0.4, -0.2) is 42.3 Å². The van der Waals surface area contributed by atoms with E-state index in [0.29, 0.717) is 18.8 Å². The molecule has 1 saturated heterocycles. The lowest BCUT2D eigenvalue weighted by atomic mass is 10.0. The van der Waals surface area contributed by atoms with Gasteiger partial charge in [-0.3, -0.25) is 14.5 Å². The average molecular weight is 394 g/mol. The Labute approximate surface area is 167 Å². The van der Waals surface area contributed by atoms with Crippen LogP contribution in [0.4, 0.5) is 10.5 Å². The summed E-state index contributed by atoms with van der Waals surface area (Å²) >= 11 is 0. The largest absolute Gasteiger partial charge is 0.361 e. The van der Waals surface area contributed by atoms with Crippen LogP contribution in [0.3, 0.4) is 0 Å². The molecule has 0 radical (unpaired) electrons. The molecule has 1 aliphatic heterocycles. The van der Waals surface area contributed by atoms with Gasteiger partial charge in [-0.05, 0) is 45.4 Å². The van der Waals surface area contributed by atoms with Crippen LogP contribution in [0.25, 0.3) is 0 Å². The number of imide groups is 1. The molecule has 0 spiro atoms. The van der Waals surface area contributed by atoms with E-state index < -0.39 is 5.54 Å². The predicted molar refractivity (Wildman–Crippen MR) is 104 cm³/mol. The quantitative estimate of drug-likeness (QED) is 0.617. The molecule has 0 aliphatic carbocycles. The van der Waals surface area contributed by atoms with Gasteiger partial charge >= 0.3 is 6.03 Å². The molecule has 0 unspecified atom stereocenters. The third kappa shape index (κ3) is 3.18. The molecule has 3 amide bonds. The lowest BCUT2D eigenvalue weighted by molar-refractivity contribution is -0.123. The van der Waals surface area contributed by atoms with Crippen molar-refractivity contribution in [2.45, 2.75) is 46.3 Å². The van der Waals surface area contributed by atoms with Crippen LogP contribution < -0.4 is 4.90 Å². The van der Waals surface area contributed by atoms with E-state index in [0.717, 1.165) is 22.6 Å². The number of anilines is 1.